The quantitative estimate of drug-likeness (QED) is 0.754. The molecular weight excluding hydrogens is 235 g/mol. The molecule has 0 saturated carbocycles. The summed E-state index contributed by atoms with van der Waals surface area (Å²) >= 11 is 0. The van der Waals surface area contributed by atoms with Crippen LogP contribution in [0.5, 0.6) is 0 Å². The Balaban J connectivity index is 1.89. The van der Waals surface area contributed by atoms with Crippen molar-refractivity contribution >= 4 is 0 Å². The SMILES string of the molecule is CN1C2COCC1CC(O)(c1ccc(F)nc1)C2. The van der Waals surface area contributed by atoms with Crippen LogP contribution in [0.25, 0.3) is 0 Å². The van der Waals surface area contributed by atoms with Gasteiger partial charge in [-0.2, -0.15) is 4.39 Å². The lowest BCUT2D eigenvalue weighted by Crippen LogP contribution is -2.59. The van der Waals surface area contributed by atoms with Gasteiger partial charge < -0.3 is 9.84 Å². The zero-order valence-corrected chi connectivity index (χ0v) is 10.3. The van der Waals surface area contributed by atoms with Crippen molar-refractivity contribution in [3.63, 3.8) is 0 Å². The summed E-state index contributed by atoms with van der Waals surface area (Å²) in [6.07, 6.45) is 2.65. The van der Waals surface area contributed by atoms with E-state index < -0.39 is 11.5 Å². The number of fused-ring (bicyclic) bond motifs is 2. The fraction of sp³-hybridized carbons (Fsp3) is 0.615. The van der Waals surface area contributed by atoms with Gasteiger partial charge in [-0.15, -0.1) is 0 Å². The molecule has 2 saturated heterocycles. The van der Waals surface area contributed by atoms with Crippen LogP contribution in [-0.2, 0) is 10.3 Å². The summed E-state index contributed by atoms with van der Waals surface area (Å²) in [5.74, 6) is -0.515. The van der Waals surface area contributed by atoms with Crippen LogP contribution in [-0.4, -0.2) is 47.3 Å². The lowest BCUT2D eigenvalue weighted by atomic mass is 9.77. The van der Waals surface area contributed by atoms with Crippen molar-refractivity contribution in [3.05, 3.63) is 29.8 Å². The zero-order valence-electron chi connectivity index (χ0n) is 10.3. The molecule has 2 aliphatic rings. The Morgan fingerprint density at radius 3 is 2.61 bits per heavy atom. The molecular formula is C13H17FN2O2. The number of hydrogen-bond donors (Lipinski definition) is 1. The average molecular weight is 252 g/mol. The minimum Gasteiger partial charge on any atom is -0.385 e. The van der Waals surface area contributed by atoms with Gasteiger partial charge in [0.25, 0.3) is 0 Å². The summed E-state index contributed by atoms with van der Waals surface area (Å²) in [6.45, 7) is 1.29. The predicted octanol–water partition coefficient (Wildman–Crippen LogP) is 0.901. The number of hydrogen-bond acceptors (Lipinski definition) is 4. The van der Waals surface area contributed by atoms with E-state index in [1.165, 1.54) is 12.3 Å². The number of rotatable bonds is 1. The number of halogens is 1. The van der Waals surface area contributed by atoms with E-state index in [0.717, 1.165) is 0 Å². The average Bonchev–Trinajstić information content (AvgIpc) is 2.32. The molecule has 2 bridgehead atoms. The van der Waals surface area contributed by atoms with E-state index in [1.807, 2.05) is 0 Å². The largest absolute Gasteiger partial charge is 0.385 e. The Morgan fingerprint density at radius 1 is 1.39 bits per heavy atom. The molecule has 1 N–H and O–H groups in total. The first kappa shape index (κ1) is 12.0. The predicted molar refractivity (Wildman–Crippen MR) is 63.5 cm³/mol. The van der Waals surface area contributed by atoms with Crippen LogP contribution in [0.4, 0.5) is 4.39 Å². The van der Waals surface area contributed by atoms with Gasteiger partial charge in [-0.3, -0.25) is 4.90 Å². The Labute approximate surface area is 105 Å². The van der Waals surface area contributed by atoms with Crippen molar-refractivity contribution in [3.8, 4) is 0 Å². The molecule has 1 aromatic heterocycles. The molecule has 2 unspecified atom stereocenters. The third kappa shape index (κ3) is 1.92. The van der Waals surface area contributed by atoms with E-state index in [2.05, 4.69) is 16.9 Å². The summed E-state index contributed by atoms with van der Waals surface area (Å²) in [5.41, 5.74) is -0.208. The van der Waals surface area contributed by atoms with Gasteiger partial charge in [0.05, 0.1) is 18.8 Å². The molecule has 0 spiro atoms. The second-order valence-corrected chi connectivity index (χ2v) is 5.32. The number of pyridine rings is 1. The summed E-state index contributed by atoms with van der Waals surface area (Å²) < 4.78 is 18.4. The maximum absolute atomic E-state index is 12.9. The summed E-state index contributed by atoms with van der Waals surface area (Å²) in [7, 11) is 2.07. The first-order valence-corrected chi connectivity index (χ1v) is 6.22. The number of piperidine rings is 1. The van der Waals surface area contributed by atoms with Crippen molar-refractivity contribution in [2.75, 3.05) is 20.3 Å². The first-order chi connectivity index (χ1) is 8.58. The second kappa shape index (κ2) is 4.26. The number of morpholine rings is 1. The molecule has 5 heteroatoms. The van der Waals surface area contributed by atoms with Gasteiger partial charge in [0, 0.05) is 23.8 Å². The highest BCUT2D eigenvalue weighted by Crippen LogP contribution is 2.39. The summed E-state index contributed by atoms with van der Waals surface area (Å²) in [6, 6.07) is 3.36. The zero-order chi connectivity index (χ0) is 12.8. The van der Waals surface area contributed by atoms with E-state index >= 15 is 0 Å². The maximum atomic E-state index is 12.9. The monoisotopic (exact) mass is 252 g/mol. The molecule has 3 rings (SSSR count). The fourth-order valence-corrected chi connectivity index (χ4v) is 3.03. The molecule has 2 aliphatic heterocycles. The molecule has 3 heterocycles. The summed E-state index contributed by atoms with van der Waals surface area (Å²) in [5, 5.41) is 10.8. The minimum absolute atomic E-state index is 0.215. The normalized spacial score (nSPS) is 36.6. The standard InChI is InChI=1S/C13H17FN2O2/c1-16-10-4-13(17,5-11(16)8-18-7-10)9-2-3-12(14)15-6-9/h2-3,6,10-11,17H,4-5,7-8H2,1H3. The van der Waals surface area contributed by atoms with E-state index in [4.69, 9.17) is 4.74 Å². The van der Waals surface area contributed by atoms with Crippen LogP contribution in [0.3, 0.4) is 0 Å². The maximum Gasteiger partial charge on any atom is 0.212 e. The molecule has 4 nitrogen and oxygen atoms in total. The van der Waals surface area contributed by atoms with Crippen LogP contribution in [0.15, 0.2) is 18.3 Å². The van der Waals surface area contributed by atoms with E-state index in [1.54, 1.807) is 6.07 Å². The van der Waals surface area contributed by atoms with Gasteiger partial charge >= 0.3 is 0 Å². The fourth-order valence-electron chi connectivity index (χ4n) is 3.03. The Hall–Kier alpha value is -1.04. The number of aromatic nitrogens is 1. The first-order valence-electron chi connectivity index (χ1n) is 6.22. The molecule has 0 aromatic carbocycles. The highest BCUT2D eigenvalue weighted by Gasteiger charge is 2.45. The number of aliphatic hydroxyl groups is 1. The summed E-state index contributed by atoms with van der Waals surface area (Å²) in [4.78, 5) is 5.91. The van der Waals surface area contributed by atoms with Crippen molar-refractivity contribution in [2.45, 2.75) is 30.5 Å². The van der Waals surface area contributed by atoms with Crippen LogP contribution < -0.4 is 0 Å². The second-order valence-electron chi connectivity index (χ2n) is 5.32. The number of nitrogens with zero attached hydrogens (tertiary/aromatic N) is 2. The van der Waals surface area contributed by atoms with Gasteiger partial charge in [-0.25, -0.2) is 4.98 Å². The van der Waals surface area contributed by atoms with Crippen LogP contribution >= 0.6 is 0 Å². The molecule has 0 amide bonds. The van der Waals surface area contributed by atoms with Crippen molar-refractivity contribution < 1.29 is 14.2 Å². The van der Waals surface area contributed by atoms with Gasteiger partial charge in [0.2, 0.25) is 5.95 Å². The van der Waals surface area contributed by atoms with Gasteiger partial charge in [-0.1, -0.05) is 6.07 Å². The molecule has 0 radical (unpaired) electrons. The smallest absolute Gasteiger partial charge is 0.212 e. The molecule has 98 valence electrons. The number of ether oxygens (including phenoxy) is 1. The van der Waals surface area contributed by atoms with Crippen LogP contribution in [0, 0.1) is 5.95 Å². The highest BCUT2D eigenvalue weighted by atomic mass is 19.1. The Morgan fingerprint density at radius 2 is 2.06 bits per heavy atom. The van der Waals surface area contributed by atoms with Crippen molar-refractivity contribution in [1.29, 1.82) is 0 Å². The van der Waals surface area contributed by atoms with Gasteiger partial charge in [0.15, 0.2) is 0 Å². The van der Waals surface area contributed by atoms with E-state index in [9.17, 15) is 9.50 Å². The Kier molecular flexibility index (Phi) is 2.84. The van der Waals surface area contributed by atoms with Crippen LogP contribution in [0.2, 0.25) is 0 Å². The molecule has 0 aliphatic carbocycles. The lowest BCUT2D eigenvalue weighted by Gasteiger charge is -2.50. The van der Waals surface area contributed by atoms with Gasteiger partial charge in [0.1, 0.15) is 0 Å². The molecule has 2 atom stereocenters. The number of likely N-dealkylation sites (N-methyl/N-ethyl adjacent to an activating group) is 1. The van der Waals surface area contributed by atoms with E-state index in [0.29, 0.717) is 31.6 Å². The van der Waals surface area contributed by atoms with Gasteiger partial charge in [-0.05, 0) is 26.0 Å². The third-order valence-electron chi connectivity index (χ3n) is 4.18. The molecule has 1 aromatic rings. The molecule has 18 heavy (non-hydrogen) atoms. The van der Waals surface area contributed by atoms with Crippen molar-refractivity contribution in [2.24, 2.45) is 0 Å². The third-order valence-corrected chi connectivity index (χ3v) is 4.18. The Bertz CT molecular complexity index is 423. The minimum atomic E-state index is -0.910. The van der Waals surface area contributed by atoms with Crippen LogP contribution in [0.1, 0.15) is 18.4 Å². The van der Waals surface area contributed by atoms with Crippen molar-refractivity contribution in [1.82, 2.24) is 9.88 Å². The topological polar surface area (TPSA) is 45.6 Å². The lowest BCUT2D eigenvalue weighted by molar-refractivity contribution is -0.137. The van der Waals surface area contributed by atoms with E-state index in [-0.39, 0.29) is 12.1 Å². The highest BCUT2D eigenvalue weighted by molar-refractivity contribution is 5.21. The molecule has 2 fully saturated rings.